The molecule has 0 radical (unpaired) electrons. The number of nitrogen functional groups attached to an aromatic ring is 3. The third kappa shape index (κ3) is 1.40. The van der Waals surface area contributed by atoms with E-state index in [1.165, 1.54) is 0 Å². The summed E-state index contributed by atoms with van der Waals surface area (Å²) in [6, 6.07) is 8.94. The number of rotatable bonds is 0. The molecule has 0 bridgehead atoms. The fourth-order valence-corrected chi connectivity index (χ4v) is 1.80. The number of para-hydroxylation sites is 1. The molecule has 0 aliphatic carbocycles. The molecule has 1 aromatic heterocycles. The lowest BCUT2D eigenvalue weighted by molar-refractivity contribution is 1.40. The molecule has 0 aliphatic rings. The summed E-state index contributed by atoms with van der Waals surface area (Å²) in [5, 5.41) is 0. The molecule has 5 nitrogen and oxygen atoms in total. The van der Waals surface area contributed by atoms with Crippen molar-refractivity contribution >= 4 is 39.1 Å². The zero-order valence-electron chi connectivity index (χ0n) is 9.01. The fourth-order valence-electron chi connectivity index (χ4n) is 1.80. The second kappa shape index (κ2) is 3.21. The van der Waals surface area contributed by atoms with Gasteiger partial charge < -0.3 is 17.2 Å². The van der Waals surface area contributed by atoms with Gasteiger partial charge in [0.25, 0.3) is 0 Å². The van der Waals surface area contributed by atoms with Crippen LogP contribution in [-0.2, 0) is 0 Å². The van der Waals surface area contributed by atoms with Crippen molar-refractivity contribution in [2.24, 2.45) is 0 Å². The van der Waals surface area contributed by atoms with E-state index in [4.69, 9.17) is 17.2 Å². The van der Waals surface area contributed by atoms with Crippen LogP contribution in [-0.4, -0.2) is 9.97 Å². The van der Waals surface area contributed by atoms with Crippen LogP contribution in [0, 0.1) is 0 Å². The second-order valence-corrected chi connectivity index (χ2v) is 3.91. The highest BCUT2D eigenvalue weighted by molar-refractivity contribution is 5.95. The number of hydrogen-bond donors (Lipinski definition) is 3. The van der Waals surface area contributed by atoms with E-state index in [1.807, 2.05) is 12.1 Å². The summed E-state index contributed by atoms with van der Waals surface area (Å²) >= 11 is 0. The van der Waals surface area contributed by atoms with Crippen LogP contribution in [0.4, 0.5) is 17.1 Å². The van der Waals surface area contributed by atoms with E-state index in [9.17, 15) is 0 Å². The molecule has 17 heavy (non-hydrogen) atoms. The quantitative estimate of drug-likeness (QED) is 0.397. The molecule has 3 aromatic rings. The molecule has 0 spiro atoms. The Balaban J connectivity index is 2.48. The van der Waals surface area contributed by atoms with Crippen LogP contribution in [0.1, 0.15) is 0 Å². The molecule has 0 saturated carbocycles. The number of benzene rings is 2. The van der Waals surface area contributed by atoms with Crippen molar-refractivity contribution in [2.45, 2.75) is 0 Å². The van der Waals surface area contributed by atoms with Crippen molar-refractivity contribution in [1.29, 1.82) is 0 Å². The summed E-state index contributed by atoms with van der Waals surface area (Å²) < 4.78 is 0. The Morgan fingerprint density at radius 1 is 0.706 bits per heavy atom. The van der Waals surface area contributed by atoms with E-state index in [1.54, 1.807) is 18.2 Å². The number of anilines is 3. The zero-order chi connectivity index (χ0) is 12.0. The Bertz CT molecular complexity index is 736. The monoisotopic (exact) mass is 225 g/mol. The highest BCUT2D eigenvalue weighted by Gasteiger charge is 2.06. The van der Waals surface area contributed by atoms with Crippen molar-refractivity contribution in [1.82, 2.24) is 9.97 Å². The summed E-state index contributed by atoms with van der Waals surface area (Å²) in [5.41, 5.74) is 21.8. The summed E-state index contributed by atoms with van der Waals surface area (Å²) in [4.78, 5) is 8.92. The summed E-state index contributed by atoms with van der Waals surface area (Å²) in [6.07, 6.45) is 0. The van der Waals surface area contributed by atoms with Gasteiger partial charge in [0.2, 0.25) is 0 Å². The summed E-state index contributed by atoms with van der Waals surface area (Å²) in [5.74, 6) is 0. The minimum Gasteiger partial charge on any atom is -0.397 e. The van der Waals surface area contributed by atoms with Gasteiger partial charge in [0.1, 0.15) is 5.52 Å². The van der Waals surface area contributed by atoms with Gasteiger partial charge in [0.15, 0.2) is 0 Å². The van der Waals surface area contributed by atoms with Gasteiger partial charge in [-0.05, 0) is 24.3 Å². The Morgan fingerprint density at radius 2 is 1.35 bits per heavy atom. The number of nitrogens with two attached hydrogens (primary N) is 3. The molecule has 0 amide bonds. The molecular formula is C12H11N5. The van der Waals surface area contributed by atoms with E-state index in [0.29, 0.717) is 28.1 Å². The first kappa shape index (κ1) is 9.65. The van der Waals surface area contributed by atoms with E-state index < -0.39 is 0 Å². The van der Waals surface area contributed by atoms with Gasteiger partial charge in [-0.3, -0.25) is 0 Å². The van der Waals surface area contributed by atoms with Crippen LogP contribution in [0.2, 0.25) is 0 Å². The number of fused-ring (bicyclic) bond motifs is 2. The SMILES string of the molecule is Nc1cc2nc3cccc(N)c3nc2cc1N. The Kier molecular flexibility index (Phi) is 1.82. The highest BCUT2D eigenvalue weighted by atomic mass is 14.8. The van der Waals surface area contributed by atoms with Crippen LogP contribution in [0.5, 0.6) is 0 Å². The first-order valence-corrected chi connectivity index (χ1v) is 5.16. The molecule has 0 atom stereocenters. The lowest BCUT2D eigenvalue weighted by atomic mass is 10.2. The van der Waals surface area contributed by atoms with Crippen LogP contribution >= 0.6 is 0 Å². The van der Waals surface area contributed by atoms with Gasteiger partial charge in [0, 0.05) is 0 Å². The Hall–Kier alpha value is -2.56. The van der Waals surface area contributed by atoms with Crippen LogP contribution in [0.3, 0.4) is 0 Å². The first-order chi connectivity index (χ1) is 8.15. The topological polar surface area (TPSA) is 104 Å². The molecule has 0 fully saturated rings. The predicted molar refractivity (Wildman–Crippen MR) is 70.3 cm³/mol. The van der Waals surface area contributed by atoms with E-state index >= 15 is 0 Å². The smallest absolute Gasteiger partial charge is 0.112 e. The molecule has 2 aromatic carbocycles. The standard InChI is InChI=1S/C12H11N5/c13-6-2-1-3-9-12(6)17-11-5-8(15)7(14)4-10(11)16-9/h1-5H,13-15H2. The third-order valence-corrected chi connectivity index (χ3v) is 2.70. The molecule has 3 rings (SSSR count). The molecular weight excluding hydrogens is 214 g/mol. The van der Waals surface area contributed by atoms with Crippen molar-refractivity contribution in [3.05, 3.63) is 30.3 Å². The summed E-state index contributed by atoms with van der Waals surface area (Å²) in [6.45, 7) is 0. The minimum atomic E-state index is 0.501. The average Bonchev–Trinajstić information content (AvgIpc) is 2.29. The molecule has 0 saturated heterocycles. The summed E-state index contributed by atoms with van der Waals surface area (Å²) in [7, 11) is 0. The lowest BCUT2D eigenvalue weighted by Crippen LogP contribution is -1.97. The molecule has 0 unspecified atom stereocenters. The minimum absolute atomic E-state index is 0.501. The Labute approximate surface area is 97.3 Å². The molecule has 84 valence electrons. The van der Waals surface area contributed by atoms with Crippen LogP contribution < -0.4 is 17.2 Å². The normalized spacial score (nSPS) is 11.1. The van der Waals surface area contributed by atoms with E-state index in [0.717, 1.165) is 11.0 Å². The van der Waals surface area contributed by atoms with Crippen molar-refractivity contribution < 1.29 is 0 Å². The van der Waals surface area contributed by atoms with Gasteiger partial charge in [-0.1, -0.05) is 6.07 Å². The molecule has 5 heteroatoms. The highest BCUT2D eigenvalue weighted by Crippen LogP contribution is 2.25. The molecule has 1 heterocycles. The third-order valence-electron chi connectivity index (χ3n) is 2.70. The Morgan fingerprint density at radius 3 is 2.06 bits per heavy atom. The predicted octanol–water partition coefficient (Wildman–Crippen LogP) is 1.53. The second-order valence-electron chi connectivity index (χ2n) is 3.91. The largest absolute Gasteiger partial charge is 0.397 e. The number of aromatic nitrogens is 2. The zero-order valence-corrected chi connectivity index (χ0v) is 9.01. The van der Waals surface area contributed by atoms with Crippen molar-refractivity contribution in [3.8, 4) is 0 Å². The first-order valence-electron chi connectivity index (χ1n) is 5.16. The van der Waals surface area contributed by atoms with Gasteiger partial charge in [-0.2, -0.15) is 0 Å². The van der Waals surface area contributed by atoms with E-state index in [-0.39, 0.29) is 0 Å². The van der Waals surface area contributed by atoms with Gasteiger partial charge in [0.05, 0.1) is 33.6 Å². The van der Waals surface area contributed by atoms with Crippen molar-refractivity contribution in [2.75, 3.05) is 17.2 Å². The number of hydrogen-bond acceptors (Lipinski definition) is 5. The van der Waals surface area contributed by atoms with Crippen LogP contribution in [0.25, 0.3) is 22.1 Å². The molecule has 0 aliphatic heterocycles. The molecule has 6 N–H and O–H groups in total. The lowest BCUT2D eigenvalue weighted by Gasteiger charge is -2.05. The van der Waals surface area contributed by atoms with Gasteiger partial charge in [-0.25, -0.2) is 9.97 Å². The number of nitrogens with zero attached hydrogens (tertiary/aromatic N) is 2. The average molecular weight is 225 g/mol. The van der Waals surface area contributed by atoms with Gasteiger partial charge >= 0.3 is 0 Å². The van der Waals surface area contributed by atoms with Gasteiger partial charge in [-0.15, -0.1) is 0 Å². The maximum Gasteiger partial charge on any atom is 0.112 e. The van der Waals surface area contributed by atoms with Crippen molar-refractivity contribution in [3.63, 3.8) is 0 Å². The maximum absolute atomic E-state index is 5.86. The fraction of sp³-hybridized carbons (Fsp3) is 0. The van der Waals surface area contributed by atoms with Crippen LogP contribution in [0.15, 0.2) is 30.3 Å². The maximum atomic E-state index is 5.86. The van der Waals surface area contributed by atoms with E-state index in [2.05, 4.69) is 9.97 Å².